The summed E-state index contributed by atoms with van der Waals surface area (Å²) in [4.78, 5) is 27.3. The molecule has 2 N–H and O–H groups in total. The first kappa shape index (κ1) is 18.6. The minimum atomic E-state index is -0.484. The number of nitrogens with one attached hydrogen (secondary N) is 1. The molecule has 3 aromatic rings. The van der Waals surface area contributed by atoms with Crippen molar-refractivity contribution in [2.75, 3.05) is 18.1 Å². The molecule has 1 fully saturated rings. The topological polar surface area (TPSA) is 82.1 Å². The lowest BCUT2D eigenvalue weighted by molar-refractivity contribution is 0.0860. The van der Waals surface area contributed by atoms with Gasteiger partial charge < -0.3 is 15.0 Å². The second kappa shape index (κ2) is 7.02. The highest BCUT2D eigenvalue weighted by Gasteiger charge is 2.27. The van der Waals surface area contributed by atoms with Crippen LogP contribution in [-0.4, -0.2) is 45.0 Å². The molecular weight excluding hydrogens is 352 g/mol. The molecule has 3 heterocycles. The second-order valence-corrected chi connectivity index (χ2v) is 8.46. The van der Waals surface area contributed by atoms with Crippen molar-refractivity contribution in [1.29, 1.82) is 0 Å². The van der Waals surface area contributed by atoms with Gasteiger partial charge in [0.1, 0.15) is 5.52 Å². The molecule has 6 nitrogen and oxygen atoms in total. The average molecular weight is 378 g/mol. The van der Waals surface area contributed by atoms with Crippen LogP contribution in [0.2, 0.25) is 0 Å². The molecule has 0 bridgehead atoms. The standard InChI is InChI=1S/C22H26N4O2/c1-22(2,3)20(28)17-11-23-21-19(17)25-18(12-24-21)14-6-4-7-15(10-14)26-9-5-8-16(26)13-27/h4,6-7,10-12,16,27H,5,8-9,13H2,1-3H3,(H,23,24). The van der Waals surface area contributed by atoms with Crippen molar-refractivity contribution in [3.63, 3.8) is 0 Å². The number of carbonyl (C=O) groups excluding carboxylic acids is 1. The quantitative estimate of drug-likeness (QED) is 0.675. The number of aromatic amines is 1. The maximum absolute atomic E-state index is 12.8. The summed E-state index contributed by atoms with van der Waals surface area (Å²) in [5, 5.41) is 9.63. The summed E-state index contributed by atoms with van der Waals surface area (Å²) >= 11 is 0. The van der Waals surface area contributed by atoms with E-state index >= 15 is 0 Å². The number of hydrogen-bond acceptors (Lipinski definition) is 5. The molecular formula is C22H26N4O2. The molecule has 0 radical (unpaired) electrons. The van der Waals surface area contributed by atoms with Gasteiger partial charge in [-0.05, 0) is 25.0 Å². The van der Waals surface area contributed by atoms with Gasteiger partial charge in [-0.15, -0.1) is 0 Å². The molecule has 0 amide bonds. The number of rotatable bonds is 4. The fraction of sp³-hybridized carbons (Fsp3) is 0.409. The number of carbonyl (C=O) groups is 1. The largest absolute Gasteiger partial charge is 0.394 e. The molecule has 1 unspecified atom stereocenters. The van der Waals surface area contributed by atoms with E-state index in [9.17, 15) is 9.90 Å². The SMILES string of the molecule is CC(C)(C)C(=O)c1c[nH]c2ncc(-c3cccc(N4CCCC4CO)c3)nc12. The molecule has 4 rings (SSSR count). The fourth-order valence-electron chi connectivity index (χ4n) is 3.82. The average Bonchev–Trinajstić information content (AvgIpc) is 3.33. The summed E-state index contributed by atoms with van der Waals surface area (Å²) in [6.45, 7) is 6.83. The summed E-state index contributed by atoms with van der Waals surface area (Å²) in [5.74, 6) is 0.0433. The number of aliphatic hydroxyl groups is 1. The van der Waals surface area contributed by atoms with E-state index in [1.54, 1.807) is 12.4 Å². The molecule has 2 aromatic heterocycles. The summed E-state index contributed by atoms with van der Waals surface area (Å²) < 4.78 is 0. The van der Waals surface area contributed by atoms with Gasteiger partial charge in [-0.1, -0.05) is 32.9 Å². The van der Waals surface area contributed by atoms with E-state index in [1.165, 1.54) is 0 Å². The van der Waals surface area contributed by atoms with Crippen molar-refractivity contribution < 1.29 is 9.90 Å². The Morgan fingerprint density at radius 1 is 1.36 bits per heavy atom. The van der Waals surface area contributed by atoms with Gasteiger partial charge in [-0.3, -0.25) is 4.79 Å². The van der Waals surface area contributed by atoms with Crippen LogP contribution in [0, 0.1) is 5.41 Å². The summed E-state index contributed by atoms with van der Waals surface area (Å²) in [6.07, 6.45) is 5.53. The predicted molar refractivity (Wildman–Crippen MR) is 111 cm³/mol. The maximum Gasteiger partial charge on any atom is 0.171 e. The highest BCUT2D eigenvalue weighted by Crippen LogP contribution is 2.30. The Bertz CT molecular complexity index is 1020. The van der Waals surface area contributed by atoms with E-state index < -0.39 is 5.41 Å². The van der Waals surface area contributed by atoms with Crippen LogP contribution in [0.25, 0.3) is 22.4 Å². The molecule has 1 saturated heterocycles. The third kappa shape index (κ3) is 3.29. The van der Waals surface area contributed by atoms with Crippen LogP contribution in [-0.2, 0) is 0 Å². The smallest absolute Gasteiger partial charge is 0.171 e. The lowest BCUT2D eigenvalue weighted by Gasteiger charge is -2.25. The first-order valence-electron chi connectivity index (χ1n) is 9.75. The number of aliphatic hydroxyl groups excluding tert-OH is 1. The van der Waals surface area contributed by atoms with E-state index in [2.05, 4.69) is 27.0 Å². The summed E-state index contributed by atoms with van der Waals surface area (Å²) in [5.41, 5.74) is 4.08. The van der Waals surface area contributed by atoms with Crippen LogP contribution in [0.1, 0.15) is 44.0 Å². The molecule has 6 heteroatoms. The molecule has 1 aliphatic heterocycles. The molecule has 0 spiro atoms. The number of aromatic nitrogens is 3. The molecule has 0 aliphatic carbocycles. The third-order valence-corrected chi connectivity index (χ3v) is 5.37. The highest BCUT2D eigenvalue weighted by molar-refractivity contribution is 6.08. The Labute approximate surface area is 164 Å². The van der Waals surface area contributed by atoms with Gasteiger partial charge in [0.05, 0.1) is 30.1 Å². The second-order valence-electron chi connectivity index (χ2n) is 8.46. The number of ketones is 1. The van der Waals surface area contributed by atoms with Crippen molar-refractivity contribution >= 4 is 22.6 Å². The lowest BCUT2D eigenvalue weighted by Crippen LogP contribution is -2.31. The van der Waals surface area contributed by atoms with Gasteiger partial charge in [-0.2, -0.15) is 0 Å². The zero-order valence-electron chi connectivity index (χ0n) is 16.6. The van der Waals surface area contributed by atoms with Crippen LogP contribution in [0.4, 0.5) is 5.69 Å². The van der Waals surface area contributed by atoms with E-state index in [4.69, 9.17) is 4.98 Å². The van der Waals surface area contributed by atoms with Crippen molar-refractivity contribution in [3.8, 4) is 11.3 Å². The van der Waals surface area contributed by atoms with Crippen molar-refractivity contribution in [1.82, 2.24) is 15.0 Å². The maximum atomic E-state index is 12.8. The third-order valence-electron chi connectivity index (χ3n) is 5.37. The number of Topliss-reactive ketones (excluding diaryl/α,β-unsaturated/α-hetero) is 1. The number of benzene rings is 1. The number of hydrogen-bond donors (Lipinski definition) is 2. The molecule has 1 atom stereocenters. The van der Waals surface area contributed by atoms with E-state index in [-0.39, 0.29) is 18.4 Å². The zero-order valence-corrected chi connectivity index (χ0v) is 16.6. The van der Waals surface area contributed by atoms with Crippen LogP contribution in [0.3, 0.4) is 0 Å². The van der Waals surface area contributed by atoms with Gasteiger partial charge >= 0.3 is 0 Å². The van der Waals surface area contributed by atoms with Gasteiger partial charge in [0.15, 0.2) is 11.4 Å². The molecule has 28 heavy (non-hydrogen) atoms. The minimum absolute atomic E-state index is 0.0433. The Morgan fingerprint density at radius 3 is 2.93 bits per heavy atom. The first-order valence-corrected chi connectivity index (χ1v) is 9.75. The van der Waals surface area contributed by atoms with Crippen molar-refractivity contribution in [2.45, 2.75) is 39.7 Å². The van der Waals surface area contributed by atoms with Gasteiger partial charge in [0.25, 0.3) is 0 Å². The van der Waals surface area contributed by atoms with Crippen LogP contribution >= 0.6 is 0 Å². The van der Waals surface area contributed by atoms with Gasteiger partial charge in [0, 0.05) is 29.4 Å². The number of anilines is 1. The van der Waals surface area contributed by atoms with Crippen LogP contribution in [0.5, 0.6) is 0 Å². The lowest BCUT2D eigenvalue weighted by atomic mass is 9.87. The minimum Gasteiger partial charge on any atom is -0.394 e. The van der Waals surface area contributed by atoms with Gasteiger partial charge in [0.2, 0.25) is 0 Å². The Morgan fingerprint density at radius 2 is 2.18 bits per heavy atom. The zero-order chi connectivity index (χ0) is 19.9. The van der Waals surface area contributed by atoms with E-state index in [0.717, 1.165) is 36.3 Å². The Balaban J connectivity index is 1.74. The molecule has 146 valence electrons. The molecule has 0 saturated carbocycles. The molecule has 1 aliphatic rings. The summed E-state index contributed by atoms with van der Waals surface area (Å²) in [6, 6.07) is 8.32. The monoisotopic (exact) mass is 378 g/mol. The van der Waals surface area contributed by atoms with Crippen molar-refractivity contribution in [3.05, 3.63) is 42.2 Å². The molecule has 1 aromatic carbocycles. The summed E-state index contributed by atoms with van der Waals surface area (Å²) in [7, 11) is 0. The Kier molecular flexibility index (Phi) is 4.67. The van der Waals surface area contributed by atoms with Crippen LogP contribution in [0.15, 0.2) is 36.7 Å². The van der Waals surface area contributed by atoms with Crippen molar-refractivity contribution in [2.24, 2.45) is 5.41 Å². The van der Waals surface area contributed by atoms with E-state index in [0.29, 0.717) is 16.7 Å². The van der Waals surface area contributed by atoms with Gasteiger partial charge in [-0.25, -0.2) is 9.97 Å². The fourth-order valence-corrected chi connectivity index (χ4v) is 3.82. The normalized spacial score (nSPS) is 17.4. The van der Waals surface area contributed by atoms with Crippen LogP contribution < -0.4 is 4.90 Å². The number of H-pyrrole nitrogens is 1. The number of fused-ring (bicyclic) bond motifs is 1. The predicted octanol–water partition coefficient (Wildman–Crippen LogP) is 3.81. The first-order chi connectivity index (χ1) is 13.4. The Hall–Kier alpha value is -2.73. The number of nitrogens with zero attached hydrogens (tertiary/aromatic N) is 3. The van der Waals surface area contributed by atoms with E-state index in [1.807, 2.05) is 32.9 Å². The highest BCUT2D eigenvalue weighted by atomic mass is 16.3.